The SMILES string of the molecule is O=C(OCc1ccccc1)C1(N(Oc2ccc(F)cc2)S(=O)(=O)c2ccccc2)CCOCC1. The molecule has 0 amide bonds. The fourth-order valence-corrected chi connectivity index (χ4v) is 5.27. The van der Waals surface area contributed by atoms with Gasteiger partial charge < -0.3 is 14.3 Å². The zero-order valence-electron chi connectivity index (χ0n) is 18.3. The van der Waals surface area contributed by atoms with Gasteiger partial charge in [0.1, 0.15) is 18.2 Å². The van der Waals surface area contributed by atoms with Gasteiger partial charge in [-0.25, -0.2) is 17.6 Å². The molecule has 0 bridgehead atoms. The highest BCUT2D eigenvalue weighted by molar-refractivity contribution is 7.89. The highest BCUT2D eigenvalue weighted by atomic mass is 32.2. The minimum Gasteiger partial charge on any atom is -0.459 e. The van der Waals surface area contributed by atoms with E-state index in [1.54, 1.807) is 30.3 Å². The number of ether oxygens (including phenoxy) is 2. The van der Waals surface area contributed by atoms with Crippen LogP contribution in [0, 0.1) is 5.82 Å². The molecular formula is C25H24FNO6S. The lowest BCUT2D eigenvalue weighted by Gasteiger charge is -2.41. The fraction of sp³-hybridized carbons (Fsp3) is 0.240. The highest BCUT2D eigenvalue weighted by Crippen LogP contribution is 2.36. The molecule has 0 unspecified atom stereocenters. The summed E-state index contributed by atoms with van der Waals surface area (Å²) >= 11 is 0. The van der Waals surface area contributed by atoms with E-state index in [0.29, 0.717) is 4.47 Å². The molecule has 1 aliphatic heterocycles. The molecule has 1 saturated heterocycles. The Morgan fingerprint density at radius 2 is 1.50 bits per heavy atom. The zero-order valence-corrected chi connectivity index (χ0v) is 19.1. The van der Waals surface area contributed by atoms with E-state index in [0.717, 1.165) is 17.7 Å². The molecular weight excluding hydrogens is 461 g/mol. The molecule has 1 aliphatic rings. The molecule has 0 N–H and O–H groups in total. The van der Waals surface area contributed by atoms with Gasteiger partial charge in [-0.15, -0.1) is 0 Å². The Bertz CT molecular complexity index is 1200. The molecule has 7 nitrogen and oxygen atoms in total. The van der Waals surface area contributed by atoms with Crippen molar-refractivity contribution in [2.45, 2.75) is 29.9 Å². The third-order valence-electron chi connectivity index (χ3n) is 5.52. The third-order valence-corrected chi connectivity index (χ3v) is 7.25. The third kappa shape index (κ3) is 5.11. The zero-order chi connectivity index (χ0) is 24.0. The minimum atomic E-state index is -4.33. The number of carbonyl (C=O) groups excluding carboxylic acids is 1. The van der Waals surface area contributed by atoms with E-state index in [1.807, 2.05) is 18.2 Å². The first-order valence-electron chi connectivity index (χ1n) is 10.7. The van der Waals surface area contributed by atoms with Gasteiger partial charge in [-0.1, -0.05) is 48.5 Å². The van der Waals surface area contributed by atoms with Gasteiger partial charge in [0, 0.05) is 26.1 Å². The van der Waals surface area contributed by atoms with E-state index in [2.05, 4.69) is 0 Å². The Hall–Kier alpha value is -3.27. The Kier molecular flexibility index (Phi) is 7.26. The van der Waals surface area contributed by atoms with Crippen LogP contribution in [0.1, 0.15) is 18.4 Å². The topological polar surface area (TPSA) is 82.1 Å². The summed E-state index contributed by atoms with van der Waals surface area (Å²) in [6.07, 6.45) is 0.0434. The lowest BCUT2D eigenvalue weighted by atomic mass is 9.91. The van der Waals surface area contributed by atoms with Crippen molar-refractivity contribution in [3.8, 4) is 5.75 Å². The minimum absolute atomic E-state index is 0.0217. The quantitative estimate of drug-likeness (QED) is 0.353. The number of rotatable bonds is 8. The van der Waals surface area contributed by atoms with Crippen molar-refractivity contribution in [2.24, 2.45) is 0 Å². The number of hydroxylamine groups is 1. The van der Waals surface area contributed by atoms with Crippen molar-refractivity contribution in [3.05, 3.63) is 96.3 Å². The Morgan fingerprint density at radius 1 is 0.912 bits per heavy atom. The van der Waals surface area contributed by atoms with Crippen LogP contribution in [0.2, 0.25) is 0 Å². The summed E-state index contributed by atoms with van der Waals surface area (Å²) in [5.74, 6) is -1.20. The molecule has 0 aromatic heterocycles. The number of nitrogens with zero attached hydrogens (tertiary/aromatic N) is 1. The number of hydrogen-bond acceptors (Lipinski definition) is 6. The smallest absolute Gasteiger partial charge is 0.331 e. The standard InChI is InChI=1S/C25H24FNO6S/c26-21-11-13-22(14-12-21)33-27(34(29,30)23-9-5-2-6-10-23)25(15-17-31-18-16-25)24(28)32-19-20-7-3-1-4-8-20/h1-14H,15-19H2. The summed E-state index contributed by atoms with van der Waals surface area (Å²) in [4.78, 5) is 19.3. The van der Waals surface area contributed by atoms with Gasteiger partial charge in [0.25, 0.3) is 10.0 Å². The van der Waals surface area contributed by atoms with E-state index >= 15 is 0 Å². The second-order valence-corrected chi connectivity index (χ2v) is 9.55. The van der Waals surface area contributed by atoms with Crippen LogP contribution in [-0.2, 0) is 30.9 Å². The lowest BCUT2D eigenvalue weighted by Crippen LogP contribution is -2.61. The van der Waals surface area contributed by atoms with Crippen LogP contribution in [0.15, 0.2) is 89.8 Å². The van der Waals surface area contributed by atoms with Crippen molar-refractivity contribution in [1.29, 1.82) is 0 Å². The molecule has 1 heterocycles. The lowest BCUT2D eigenvalue weighted by molar-refractivity contribution is -0.180. The molecule has 0 atom stereocenters. The number of esters is 1. The molecule has 178 valence electrons. The molecule has 0 saturated carbocycles. The predicted molar refractivity (Wildman–Crippen MR) is 122 cm³/mol. The van der Waals surface area contributed by atoms with Crippen LogP contribution < -0.4 is 4.84 Å². The maximum absolute atomic E-state index is 13.8. The fourth-order valence-electron chi connectivity index (χ4n) is 3.67. The maximum atomic E-state index is 13.8. The van der Waals surface area contributed by atoms with Crippen LogP contribution in [0.3, 0.4) is 0 Å². The second-order valence-electron chi connectivity index (χ2n) is 7.80. The number of hydrogen-bond donors (Lipinski definition) is 0. The van der Waals surface area contributed by atoms with Gasteiger partial charge in [-0.3, -0.25) is 0 Å². The van der Waals surface area contributed by atoms with E-state index in [-0.39, 0.29) is 43.3 Å². The summed E-state index contributed by atoms with van der Waals surface area (Å²) < 4.78 is 52.7. The van der Waals surface area contributed by atoms with Crippen molar-refractivity contribution in [3.63, 3.8) is 0 Å². The normalized spacial score (nSPS) is 15.6. The second kappa shape index (κ2) is 10.3. The maximum Gasteiger partial charge on any atom is 0.331 e. The molecule has 4 rings (SSSR count). The molecule has 0 spiro atoms. The number of carbonyl (C=O) groups is 1. The van der Waals surface area contributed by atoms with Crippen molar-refractivity contribution < 1.29 is 31.9 Å². The van der Waals surface area contributed by atoms with Gasteiger partial charge in [0.15, 0.2) is 5.54 Å². The van der Waals surface area contributed by atoms with Gasteiger partial charge in [0.2, 0.25) is 0 Å². The summed E-state index contributed by atoms with van der Waals surface area (Å²) in [5.41, 5.74) is -0.925. The Morgan fingerprint density at radius 3 is 2.12 bits per heavy atom. The van der Waals surface area contributed by atoms with E-state index in [9.17, 15) is 17.6 Å². The average Bonchev–Trinajstić information content (AvgIpc) is 2.88. The van der Waals surface area contributed by atoms with Crippen molar-refractivity contribution in [2.75, 3.05) is 13.2 Å². The largest absolute Gasteiger partial charge is 0.459 e. The molecule has 34 heavy (non-hydrogen) atoms. The van der Waals surface area contributed by atoms with Crippen LogP contribution in [0.5, 0.6) is 5.75 Å². The van der Waals surface area contributed by atoms with Crippen molar-refractivity contribution in [1.82, 2.24) is 4.47 Å². The van der Waals surface area contributed by atoms with Gasteiger partial charge in [0.05, 0.1) is 4.90 Å². The molecule has 3 aromatic rings. The average molecular weight is 486 g/mol. The van der Waals surface area contributed by atoms with Crippen LogP contribution in [-0.4, -0.2) is 37.6 Å². The van der Waals surface area contributed by atoms with E-state index < -0.39 is 27.3 Å². The summed E-state index contributed by atoms with van der Waals surface area (Å²) in [6.45, 7) is 0.236. The highest BCUT2D eigenvalue weighted by Gasteiger charge is 2.54. The van der Waals surface area contributed by atoms with Gasteiger partial charge >= 0.3 is 5.97 Å². The van der Waals surface area contributed by atoms with Crippen LogP contribution in [0.25, 0.3) is 0 Å². The molecule has 1 fully saturated rings. The summed E-state index contributed by atoms with van der Waals surface area (Å²) in [7, 11) is -4.33. The first kappa shape index (κ1) is 23.9. The first-order valence-corrected chi connectivity index (χ1v) is 12.2. The summed E-state index contributed by atoms with van der Waals surface area (Å²) in [6, 6.07) is 21.6. The molecule has 3 aromatic carbocycles. The Labute approximate surface area is 197 Å². The van der Waals surface area contributed by atoms with Gasteiger partial charge in [-0.05, 0) is 46.4 Å². The number of sulfonamides is 1. The van der Waals surface area contributed by atoms with Crippen LogP contribution in [0.4, 0.5) is 4.39 Å². The molecule has 0 aliphatic carbocycles. The Balaban J connectivity index is 1.74. The van der Waals surface area contributed by atoms with Crippen LogP contribution >= 0.6 is 0 Å². The van der Waals surface area contributed by atoms with E-state index in [4.69, 9.17) is 14.3 Å². The molecule has 9 heteroatoms. The monoisotopic (exact) mass is 485 g/mol. The first-order chi connectivity index (χ1) is 16.4. The van der Waals surface area contributed by atoms with Gasteiger partial charge in [-0.2, -0.15) is 0 Å². The van der Waals surface area contributed by atoms with Crippen molar-refractivity contribution >= 4 is 16.0 Å². The number of benzene rings is 3. The van der Waals surface area contributed by atoms with E-state index in [1.165, 1.54) is 24.3 Å². The number of halogens is 1. The molecule has 0 radical (unpaired) electrons. The predicted octanol–water partition coefficient (Wildman–Crippen LogP) is 4.10. The summed E-state index contributed by atoms with van der Waals surface area (Å²) in [5, 5.41) is 0.